The maximum absolute atomic E-state index is 13.4. The van der Waals surface area contributed by atoms with Crippen molar-refractivity contribution in [3.8, 4) is 5.95 Å². The average molecular weight is 497 g/mol. The highest BCUT2D eigenvalue weighted by molar-refractivity contribution is 6.36. The van der Waals surface area contributed by atoms with E-state index in [9.17, 15) is 4.79 Å². The lowest BCUT2D eigenvalue weighted by molar-refractivity contribution is 0.0162. The van der Waals surface area contributed by atoms with E-state index in [0.29, 0.717) is 52.3 Å². The molecule has 10 heteroatoms. The van der Waals surface area contributed by atoms with Crippen molar-refractivity contribution in [2.75, 3.05) is 32.8 Å². The van der Waals surface area contributed by atoms with Gasteiger partial charge in [0.05, 0.1) is 35.2 Å². The van der Waals surface area contributed by atoms with Gasteiger partial charge >= 0.3 is 0 Å². The fourth-order valence-electron chi connectivity index (χ4n) is 4.17. The van der Waals surface area contributed by atoms with Gasteiger partial charge in [0.1, 0.15) is 5.65 Å². The minimum Gasteiger partial charge on any atom is -0.379 e. The monoisotopic (exact) mass is 496 g/mol. The fourth-order valence-corrected chi connectivity index (χ4v) is 4.54. The van der Waals surface area contributed by atoms with Gasteiger partial charge in [0, 0.05) is 49.4 Å². The molecule has 174 valence electrons. The summed E-state index contributed by atoms with van der Waals surface area (Å²) in [6, 6.07) is 11.1. The van der Waals surface area contributed by atoms with E-state index in [1.165, 1.54) is 0 Å². The number of ether oxygens (including phenoxy) is 1. The van der Waals surface area contributed by atoms with E-state index in [1.807, 2.05) is 24.3 Å². The molecular formula is C24H22Cl2N6O2. The number of carbonyl (C=O) groups is 1. The van der Waals surface area contributed by atoms with Crippen molar-refractivity contribution < 1.29 is 9.53 Å². The van der Waals surface area contributed by atoms with Crippen LogP contribution in [0.1, 0.15) is 22.0 Å². The van der Waals surface area contributed by atoms with Crippen molar-refractivity contribution in [2.24, 2.45) is 0 Å². The summed E-state index contributed by atoms with van der Waals surface area (Å²) < 4.78 is 7.19. The van der Waals surface area contributed by atoms with Gasteiger partial charge in [0.2, 0.25) is 5.95 Å². The highest BCUT2D eigenvalue weighted by Crippen LogP contribution is 2.29. The van der Waals surface area contributed by atoms with Crippen LogP contribution in [0.4, 0.5) is 0 Å². The third kappa shape index (κ3) is 4.63. The second kappa shape index (κ2) is 10.1. The first-order valence-corrected chi connectivity index (χ1v) is 11.7. The first-order valence-electron chi connectivity index (χ1n) is 10.9. The molecule has 0 bridgehead atoms. The molecule has 4 aromatic rings. The van der Waals surface area contributed by atoms with Gasteiger partial charge in [-0.25, -0.2) is 15.0 Å². The number of halogens is 2. The van der Waals surface area contributed by atoms with Gasteiger partial charge in [0.25, 0.3) is 5.91 Å². The molecule has 1 N–H and O–H groups in total. The smallest absolute Gasteiger partial charge is 0.253 e. The Labute approximate surface area is 206 Å². The summed E-state index contributed by atoms with van der Waals surface area (Å²) in [5.41, 5.74) is 2.01. The summed E-state index contributed by atoms with van der Waals surface area (Å²) in [6.07, 6.45) is 6.55. The number of hydrogen-bond donors (Lipinski definition) is 1. The lowest BCUT2D eigenvalue weighted by Gasteiger charge is -2.35. The van der Waals surface area contributed by atoms with Gasteiger partial charge < -0.3 is 10.1 Å². The molecule has 1 unspecified atom stereocenters. The van der Waals surface area contributed by atoms with Crippen molar-refractivity contribution in [3.63, 3.8) is 0 Å². The highest BCUT2D eigenvalue weighted by atomic mass is 35.5. The fraction of sp³-hybridized carbons (Fsp3) is 0.250. The van der Waals surface area contributed by atoms with Crippen LogP contribution in [0.25, 0.3) is 17.0 Å². The third-order valence-electron chi connectivity index (χ3n) is 5.85. The topological polar surface area (TPSA) is 85.2 Å². The Hall–Kier alpha value is -3.04. The minimum atomic E-state index is -0.248. The van der Waals surface area contributed by atoms with Crippen molar-refractivity contribution >= 4 is 40.1 Å². The maximum Gasteiger partial charge on any atom is 0.253 e. The molecule has 1 aliphatic rings. The van der Waals surface area contributed by atoms with E-state index in [-0.39, 0.29) is 11.9 Å². The number of carbonyl (C=O) groups excluding carboxylic acids is 1. The van der Waals surface area contributed by atoms with Crippen LogP contribution in [-0.2, 0) is 4.74 Å². The standard InChI is InChI=1S/C24H22Cl2N6O2/c25-17-4-2-16(3-5-17)20(31-10-12-34-13-11-31)14-30-23(33)18-15-32(24-28-7-1-8-29-24)22-21(18)19(26)6-9-27-22/h1-9,15,20H,10-14H2,(H,30,33). The molecule has 5 rings (SSSR count). The summed E-state index contributed by atoms with van der Waals surface area (Å²) in [7, 11) is 0. The molecule has 1 amide bonds. The number of amides is 1. The molecule has 0 spiro atoms. The molecule has 1 aromatic carbocycles. The van der Waals surface area contributed by atoms with Crippen LogP contribution in [0.2, 0.25) is 10.0 Å². The number of rotatable bonds is 6. The van der Waals surface area contributed by atoms with Crippen LogP contribution in [0.15, 0.2) is 61.2 Å². The zero-order valence-electron chi connectivity index (χ0n) is 18.2. The first-order chi connectivity index (χ1) is 16.6. The predicted octanol–water partition coefficient (Wildman–Crippen LogP) is 3.93. The van der Waals surface area contributed by atoms with E-state index < -0.39 is 0 Å². The minimum absolute atomic E-state index is 0.0236. The Balaban J connectivity index is 1.45. The van der Waals surface area contributed by atoms with Crippen molar-refractivity contribution in [1.29, 1.82) is 0 Å². The molecule has 0 saturated carbocycles. The Morgan fingerprint density at radius 3 is 2.50 bits per heavy atom. The summed E-state index contributed by atoms with van der Waals surface area (Å²) in [4.78, 5) is 28.7. The normalized spacial score (nSPS) is 15.4. The summed E-state index contributed by atoms with van der Waals surface area (Å²) >= 11 is 12.6. The zero-order chi connectivity index (χ0) is 23.5. The molecule has 0 radical (unpaired) electrons. The number of nitrogens with one attached hydrogen (secondary N) is 1. The van der Waals surface area contributed by atoms with Gasteiger partial charge in [0.15, 0.2) is 0 Å². The Morgan fingerprint density at radius 1 is 1.03 bits per heavy atom. The quantitative estimate of drug-likeness (QED) is 0.435. The Kier molecular flexibility index (Phi) is 6.73. The van der Waals surface area contributed by atoms with Crippen molar-refractivity contribution in [3.05, 3.63) is 82.4 Å². The number of hydrogen-bond acceptors (Lipinski definition) is 6. The number of benzene rings is 1. The average Bonchev–Trinajstić information content (AvgIpc) is 3.27. The number of nitrogens with zero attached hydrogens (tertiary/aromatic N) is 5. The van der Waals surface area contributed by atoms with Crippen LogP contribution in [0.3, 0.4) is 0 Å². The second-order valence-electron chi connectivity index (χ2n) is 7.88. The number of aromatic nitrogens is 4. The highest BCUT2D eigenvalue weighted by Gasteiger charge is 2.25. The SMILES string of the molecule is O=C(NCC(c1ccc(Cl)cc1)N1CCOCC1)c1cn(-c2ncccn2)c2nccc(Cl)c12. The van der Waals surface area contributed by atoms with Gasteiger partial charge in [-0.1, -0.05) is 35.3 Å². The molecule has 4 heterocycles. The lowest BCUT2D eigenvalue weighted by atomic mass is 10.0. The third-order valence-corrected chi connectivity index (χ3v) is 6.41. The van der Waals surface area contributed by atoms with Gasteiger partial charge in [-0.05, 0) is 29.8 Å². The molecule has 0 aliphatic carbocycles. The molecule has 1 atom stereocenters. The zero-order valence-corrected chi connectivity index (χ0v) is 19.7. The van der Waals surface area contributed by atoms with Crippen molar-refractivity contribution in [1.82, 2.24) is 29.7 Å². The molecule has 3 aromatic heterocycles. The van der Waals surface area contributed by atoms with Crippen LogP contribution < -0.4 is 5.32 Å². The van der Waals surface area contributed by atoms with E-state index >= 15 is 0 Å². The van der Waals surface area contributed by atoms with Gasteiger partial charge in [-0.3, -0.25) is 14.3 Å². The number of fused-ring (bicyclic) bond motifs is 1. The van der Waals surface area contributed by atoms with Crippen LogP contribution in [0, 0.1) is 0 Å². The molecule has 1 saturated heterocycles. The second-order valence-corrected chi connectivity index (χ2v) is 8.72. The predicted molar refractivity (Wildman–Crippen MR) is 131 cm³/mol. The lowest BCUT2D eigenvalue weighted by Crippen LogP contribution is -2.43. The summed E-state index contributed by atoms with van der Waals surface area (Å²) in [6.45, 7) is 3.29. The van der Waals surface area contributed by atoms with Gasteiger partial charge in [-0.15, -0.1) is 0 Å². The van der Waals surface area contributed by atoms with Gasteiger partial charge in [-0.2, -0.15) is 0 Å². The van der Waals surface area contributed by atoms with E-state index in [0.717, 1.165) is 18.7 Å². The van der Waals surface area contributed by atoms with E-state index in [2.05, 4.69) is 25.2 Å². The maximum atomic E-state index is 13.4. The van der Waals surface area contributed by atoms with E-state index in [1.54, 1.807) is 41.5 Å². The number of pyridine rings is 1. The Morgan fingerprint density at radius 2 is 1.76 bits per heavy atom. The molecular weight excluding hydrogens is 475 g/mol. The van der Waals surface area contributed by atoms with Crippen LogP contribution in [0.5, 0.6) is 0 Å². The summed E-state index contributed by atoms with van der Waals surface area (Å²) in [5.74, 6) is 0.162. The molecule has 34 heavy (non-hydrogen) atoms. The molecule has 8 nitrogen and oxygen atoms in total. The Bertz CT molecular complexity index is 1290. The summed E-state index contributed by atoms with van der Waals surface area (Å²) in [5, 5.41) is 4.77. The van der Waals surface area contributed by atoms with E-state index in [4.69, 9.17) is 27.9 Å². The largest absolute Gasteiger partial charge is 0.379 e. The number of morpholine rings is 1. The first kappa shape index (κ1) is 22.7. The molecule has 1 fully saturated rings. The van der Waals surface area contributed by atoms with Crippen LogP contribution in [-0.4, -0.2) is 63.2 Å². The van der Waals surface area contributed by atoms with Crippen LogP contribution >= 0.6 is 23.2 Å². The van der Waals surface area contributed by atoms with Crippen molar-refractivity contribution in [2.45, 2.75) is 6.04 Å². The molecule has 1 aliphatic heterocycles.